The van der Waals surface area contributed by atoms with Crippen molar-refractivity contribution in [2.45, 2.75) is 46.1 Å². The Morgan fingerprint density at radius 1 is 1.06 bits per heavy atom. The topological polar surface area (TPSA) is 106 Å². The Balaban J connectivity index is 1.30. The van der Waals surface area contributed by atoms with Gasteiger partial charge in [0.2, 0.25) is 5.82 Å². The number of aromatic nitrogens is 4. The fraction of sp³-hybridized carbons (Fsp3) is 0.435. The summed E-state index contributed by atoms with van der Waals surface area (Å²) in [6, 6.07) is 9.34. The van der Waals surface area contributed by atoms with E-state index in [1.807, 2.05) is 39.8 Å². The molecule has 0 unspecified atom stereocenters. The third-order valence-electron chi connectivity index (χ3n) is 6.78. The number of hydrogen-bond acceptors (Lipinski definition) is 6. The van der Waals surface area contributed by atoms with E-state index in [4.69, 9.17) is 4.52 Å². The molecule has 1 saturated heterocycles. The van der Waals surface area contributed by atoms with Crippen LogP contribution in [0.2, 0.25) is 0 Å². The second-order valence-corrected chi connectivity index (χ2v) is 8.84. The molecule has 9 nitrogen and oxygen atoms in total. The van der Waals surface area contributed by atoms with Gasteiger partial charge in [-0.05, 0) is 50.7 Å². The van der Waals surface area contributed by atoms with Crippen molar-refractivity contribution < 1.29 is 14.1 Å². The fourth-order valence-corrected chi connectivity index (χ4v) is 4.95. The van der Waals surface area contributed by atoms with Gasteiger partial charge in [0.25, 0.3) is 11.8 Å². The van der Waals surface area contributed by atoms with Crippen LogP contribution in [0.25, 0.3) is 0 Å². The highest BCUT2D eigenvalue weighted by Crippen LogP contribution is 2.41. The molecule has 1 aromatic carbocycles. The summed E-state index contributed by atoms with van der Waals surface area (Å²) in [6.07, 6.45) is 3.46. The molecule has 0 radical (unpaired) electrons. The van der Waals surface area contributed by atoms with Crippen LogP contribution in [0.3, 0.4) is 0 Å². The van der Waals surface area contributed by atoms with E-state index >= 15 is 0 Å². The molecule has 4 heterocycles. The Morgan fingerprint density at radius 2 is 1.84 bits per heavy atom. The lowest BCUT2D eigenvalue weighted by atomic mass is 9.80. The van der Waals surface area contributed by atoms with E-state index in [2.05, 4.69) is 20.7 Å². The highest BCUT2D eigenvalue weighted by atomic mass is 16.5. The van der Waals surface area contributed by atoms with Crippen molar-refractivity contribution in [3.63, 3.8) is 0 Å². The van der Waals surface area contributed by atoms with E-state index in [0.717, 1.165) is 37.2 Å². The maximum Gasteiger partial charge on any atom is 0.293 e. The van der Waals surface area contributed by atoms with Crippen molar-refractivity contribution in [1.29, 1.82) is 0 Å². The quantitative estimate of drug-likeness (QED) is 0.679. The largest absolute Gasteiger partial charge is 0.361 e. The van der Waals surface area contributed by atoms with Gasteiger partial charge in [0.15, 0.2) is 0 Å². The molecule has 1 spiro atoms. The van der Waals surface area contributed by atoms with Gasteiger partial charge in [-0.15, -0.1) is 10.2 Å². The smallest absolute Gasteiger partial charge is 0.293 e. The molecule has 5 rings (SSSR count). The molecule has 2 aromatic heterocycles. The van der Waals surface area contributed by atoms with E-state index in [-0.39, 0.29) is 17.2 Å². The number of likely N-dealkylation sites (tertiary alicyclic amines) is 1. The molecule has 0 bridgehead atoms. The van der Waals surface area contributed by atoms with E-state index in [0.29, 0.717) is 42.5 Å². The Bertz CT molecular complexity index is 1150. The Kier molecular flexibility index (Phi) is 5.03. The number of hydrogen-bond donors (Lipinski definition) is 1. The predicted molar refractivity (Wildman–Crippen MR) is 116 cm³/mol. The number of amides is 2. The summed E-state index contributed by atoms with van der Waals surface area (Å²) in [5.74, 6) is 1.46. The van der Waals surface area contributed by atoms with E-state index in [9.17, 15) is 9.59 Å². The van der Waals surface area contributed by atoms with Crippen LogP contribution in [-0.2, 0) is 13.0 Å². The van der Waals surface area contributed by atoms with Gasteiger partial charge in [-0.3, -0.25) is 9.59 Å². The molecule has 3 aromatic rings. The Labute approximate surface area is 185 Å². The lowest BCUT2D eigenvalue weighted by molar-refractivity contribution is 0.0764. The maximum absolute atomic E-state index is 13.1. The molecule has 2 amide bonds. The lowest BCUT2D eigenvalue weighted by Gasteiger charge is -2.27. The first-order valence-electron chi connectivity index (χ1n) is 11.0. The molecule has 1 atom stereocenters. The first-order valence-corrected chi connectivity index (χ1v) is 11.0. The summed E-state index contributed by atoms with van der Waals surface area (Å²) >= 11 is 0. The molecule has 32 heavy (non-hydrogen) atoms. The van der Waals surface area contributed by atoms with Crippen molar-refractivity contribution in [3.05, 3.63) is 59.0 Å². The molecular formula is C23H26N6O3. The summed E-state index contributed by atoms with van der Waals surface area (Å²) in [7, 11) is 0. The third kappa shape index (κ3) is 3.57. The van der Waals surface area contributed by atoms with Crippen LogP contribution >= 0.6 is 0 Å². The van der Waals surface area contributed by atoms with Gasteiger partial charge >= 0.3 is 0 Å². The number of nitrogens with zero attached hydrogens (tertiary/aromatic N) is 5. The summed E-state index contributed by atoms with van der Waals surface area (Å²) in [6.45, 7) is 5.64. The summed E-state index contributed by atoms with van der Waals surface area (Å²) < 4.78 is 7.13. The number of fused-ring (bicyclic) bond motifs is 1. The molecule has 0 saturated carbocycles. The molecule has 2 aliphatic rings. The predicted octanol–water partition coefficient (Wildman–Crippen LogP) is 3.00. The van der Waals surface area contributed by atoms with Crippen molar-refractivity contribution in [2.24, 2.45) is 5.41 Å². The summed E-state index contributed by atoms with van der Waals surface area (Å²) in [4.78, 5) is 27.8. The van der Waals surface area contributed by atoms with Gasteiger partial charge in [0.05, 0.1) is 5.69 Å². The third-order valence-corrected chi connectivity index (χ3v) is 6.78. The second kappa shape index (κ2) is 7.89. The number of benzene rings is 1. The number of carbonyl (C=O) groups is 2. The second-order valence-electron chi connectivity index (χ2n) is 8.84. The van der Waals surface area contributed by atoms with Gasteiger partial charge < -0.3 is 19.3 Å². The monoisotopic (exact) mass is 434 g/mol. The maximum atomic E-state index is 13.1. The highest BCUT2D eigenvalue weighted by molar-refractivity contribution is 6.01. The minimum absolute atomic E-state index is 0.00953. The normalized spacial score (nSPS) is 20.2. The van der Waals surface area contributed by atoms with Gasteiger partial charge in [0, 0.05) is 31.7 Å². The number of para-hydroxylation sites is 1. The van der Waals surface area contributed by atoms with E-state index in [1.54, 1.807) is 13.8 Å². The zero-order chi connectivity index (χ0) is 22.3. The van der Waals surface area contributed by atoms with Gasteiger partial charge in [-0.1, -0.05) is 23.4 Å². The standard InChI is InChI=1S/C23H26N6O3/c1-15-19(16(2)32-27-15)22(31)28-12-10-23(14-28)9-8-18-25-26-20(29(18)13-11-23)21(30)24-17-6-4-3-5-7-17/h3-7H,8-14H2,1-2H3,(H,24,30)/t23-/m0/s1. The average Bonchev–Trinajstić information content (AvgIpc) is 3.45. The lowest BCUT2D eigenvalue weighted by Crippen LogP contribution is -2.33. The van der Waals surface area contributed by atoms with Crippen molar-refractivity contribution in [1.82, 2.24) is 24.8 Å². The molecule has 9 heteroatoms. The van der Waals surface area contributed by atoms with Crippen LogP contribution in [0.5, 0.6) is 0 Å². The SMILES string of the molecule is Cc1noc(C)c1C(=O)N1CC[C@]2(CCc3nnc(C(=O)Nc4ccccc4)n3CC2)C1. The Hall–Kier alpha value is -3.49. The first-order chi connectivity index (χ1) is 15.5. The first kappa shape index (κ1) is 20.4. The summed E-state index contributed by atoms with van der Waals surface area (Å²) in [5.41, 5.74) is 1.95. The van der Waals surface area contributed by atoms with E-state index in [1.165, 1.54) is 0 Å². The minimum atomic E-state index is -0.257. The highest BCUT2D eigenvalue weighted by Gasteiger charge is 2.42. The number of aryl methyl sites for hydroxylation is 3. The van der Waals surface area contributed by atoms with E-state index < -0.39 is 0 Å². The van der Waals surface area contributed by atoms with Gasteiger partial charge in [-0.2, -0.15) is 0 Å². The molecular weight excluding hydrogens is 408 g/mol. The number of nitrogens with one attached hydrogen (secondary N) is 1. The van der Waals surface area contributed by atoms with Crippen LogP contribution in [0.1, 0.15) is 57.5 Å². The average molecular weight is 435 g/mol. The number of carbonyl (C=O) groups excluding carboxylic acids is 2. The van der Waals surface area contributed by atoms with Crippen LogP contribution in [0, 0.1) is 19.3 Å². The molecule has 1 N–H and O–H groups in total. The van der Waals surface area contributed by atoms with Crippen LogP contribution in [0.15, 0.2) is 34.9 Å². The van der Waals surface area contributed by atoms with Gasteiger partial charge in [-0.25, -0.2) is 0 Å². The zero-order valence-corrected chi connectivity index (χ0v) is 18.3. The Morgan fingerprint density at radius 3 is 2.59 bits per heavy atom. The van der Waals surface area contributed by atoms with Crippen molar-refractivity contribution in [3.8, 4) is 0 Å². The van der Waals surface area contributed by atoms with Crippen LogP contribution < -0.4 is 5.32 Å². The van der Waals surface area contributed by atoms with Crippen LogP contribution in [-0.4, -0.2) is 49.7 Å². The minimum Gasteiger partial charge on any atom is -0.361 e. The van der Waals surface area contributed by atoms with Crippen molar-refractivity contribution >= 4 is 17.5 Å². The molecule has 166 valence electrons. The van der Waals surface area contributed by atoms with Crippen molar-refractivity contribution in [2.75, 3.05) is 18.4 Å². The van der Waals surface area contributed by atoms with Crippen LogP contribution in [0.4, 0.5) is 5.69 Å². The van der Waals surface area contributed by atoms with Gasteiger partial charge in [0.1, 0.15) is 17.1 Å². The summed E-state index contributed by atoms with van der Waals surface area (Å²) in [5, 5.41) is 15.3. The molecule has 0 aliphatic carbocycles. The molecule has 1 fully saturated rings. The molecule has 2 aliphatic heterocycles. The number of rotatable bonds is 3. The number of anilines is 1. The zero-order valence-electron chi connectivity index (χ0n) is 18.3. The fourth-order valence-electron chi connectivity index (χ4n) is 4.95.